The third-order valence-corrected chi connectivity index (χ3v) is 2.93. The van der Waals surface area contributed by atoms with Gasteiger partial charge in [0.25, 0.3) is 0 Å². The number of esters is 1. The van der Waals surface area contributed by atoms with E-state index in [9.17, 15) is 45.5 Å². The number of Topliss-reactive ketones (excluding diaryl/α,β-unsaturated/α-hetero) is 2. The van der Waals surface area contributed by atoms with Crippen molar-refractivity contribution in [1.29, 1.82) is 0 Å². The van der Waals surface area contributed by atoms with E-state index in [4.69, 9.17) is 4.74 Å². The summed E-state index contributed by atoms with van der Waals surface area (Å²) in [6.45, 7) is 5.64. The summed E-state index contributed by atoms with van der Waals surface area (Å²) in [5.74, 6) is -7.50. The van der Waals surface area contributed by atoms with Crippen LogP contribution in [0.2, 0.25) is 0 Å². The maximum absolute atomic E-state index is 11.6. The standard InChI is InChI=1S/C13H17NO3.C4F6O2/c1-4-17-13(16)10-7-5-6-8-11(10)14-12(15)9(2)3;5-3(6,7)1(11)2(12)4(8,9)10/h5-9H,4H2,1-3H3,(H,14,15);. The van der Waals surface area contributed by atoms with Crippen LogP contribution in [0.3, 0.4) is 0 Å². The molecule has 0 aliphatic carbocycles. The van der Waals surface area contributed by atoms with Crippen LogP contribution in [0, 0.1) is 5.92 Å². The number of amides is 1. The van der Waals surface area contributed by atoms with Crippen molar-refractivity contribution in [3.63, 3.8) is 0 Å². The normalized spacial score (nSPS) is 11.2. The summed E-state index contributed by atoms with van der Waals surface area (Å²) in [6.07, 6.45) is -11.5. The Morgan fingerprint density at radius 3 is 1.76 bits per heavy atom. The lowest BCUT2D eigenvalue weighted by atomic mass is 10.1. The largest absolute Gasteiger partial charge is 0.462 e. The Labute approximate surface area is 161 Å². The third kappa shape index (κ3) is 8.75. The average molecular weight is 429 g/mol. The lowest BCUT2D eigenvalue weighted by Gasteiger charge is -2.11. The van der Waals surface area contributed by atoms with Gasteiger partial charge in [0.15, 0.2) is 0 Å². The van der Waals surface area contributed by atoms with Gasteiger partial charge >= 0.3 is 29.9 Å². The zero-order valence-corrected chi connectivity index (χ0v) is 15.4. The molecule has 29 heavy (non-hydrogen) atoms. The molecule has 0 saturated carbocycles. The summed E-state index contributed by atoms with van der Waals surface area (Å²) >= 11 is 0. The number of alkyl halides is 6. The molecule has 0 radical (unpaired) electrons. The van der Waals surface area contributed by atoms with Crippen LogP contribution in [0.4, 0.5) is 32.0 Å². The minimum absolute atomic E-state index is 0.123. The Kier molecular flexibility index (Phi) is 9.51. The first-order valence-corrected chi connectivity index (χ1v) is 7.92. The van der Waals surface area contributed by atoms with Gasteiger partial charge in [0.1, 0.15) is 0 Å². The molecule has 0 aliphatic rings. The quantitative estimate of drug-likeness (QED) is 0.438. The van der Waals surface area contributed by atoms with Gasteiger partial charge < -0.3 is 10.1 Å². The van der Waals surface area contributed by atoms with E-state index in [1.807, 2.05) is 0 Å². The van der Waals surface area contributed by atoms with Gasteiger partial charge in [0.2, 0.25) is 5.91 Å². The molecule has 0 unspecified atom stereocenters. The minimum atomic E-state index is -5.77. The molecule has 1 amide bonds. The van der Waals surface area contributed by atoms with E-state index in [1.54, 1.807) is 45.0 Å². The molecule has 0 fully saturated rings. The van der Waals surface area contributed by atoms with E-state index in [2.05, 4.69) is 5.32 Å². The Morgan fingerprint density at radius 1 is 0.931 bits per heavy atom. The molecule has 0 bridgehead atoms. The number of halogens is 6. The van der Waals surface area contributed by atoms with E-state index >= 15 is 0 Å². The second kappa shape index (κ2) is 10.6. The minimum Gasteiger partial charge on any atom is -0.462 e. The van der Waals surface area contributed by atoms with Crippen LogP contribution in [0.5, 0.6) is 0 Å². The maximum atomic E-state index is 11.6. The van der Waals surface area contributed by atoms with Crippen LogP contribution in [0.25, 0.3) is 0 Å². The maximum Gasteiger partial charge on any atom is 0.458 e. The predicted octanol–water partition coefficient (Wildman–Crippen LogP) is 3.71. The number of hydrogen-bond donors (Lipinski definition) is 1. The van der Waals surface area contributed by atoms with Gasteiger partial charge in [0.05, 0.1) is 17.9 Å². The molecule has 0 saturated heterocycles. The third-order valence-electron chi connectivity index (χ3n) is 2.93. The van der Waals surface area contributed by atoms with Crippen molar-refractivity contribution < 1.29 is 50.3 Å². The van der Waals surface area contributed by atoms with Crippen LogP contribution in [-0.2, 0) is 19.1 Å². The van der Waals surface area contributed by atoms with Crippen LogP contribution in [0.15, 0.2) is 24.3 Å². The number of nitrogens with one attached hydrogen (secondary N) is 1. The Morgan fingerprint density at radius 2 is 1.38 bits per heavy atom. The molecule has 0 aliphatic heterocycles. The first-order valence-electron chi connectivity index (χ1n) is 7.92. The molecule has 12 heteroatoms. The number of benzene rings is 1. The van der Waals surface area contributed by atoms with Gasteiger partial charge in [-0.25, -0.2) is 4.79 Å². The summed E-state index contributed by atoms with van der Waals surface area (Å²) in [7, 11) is 0. The number of carbonyl (C=O) groups excluding carboxylic acids is 4. The monoisotopic (exact) mass is 429 g/mol. The van der Waals surface area contributed by atoms with Crippen molar-refractivity contribution >= 4 is 29.1 Å². The number of anilines is 1. The topological polar surface area (TPSA) is 89.5 Å². The second-order valence-corrected chi connectivity index (χ2v) is 5.56. The van der Waals surface area contributed by atoms with Gasteiger partial charge in [-0.2, -0.15) is 26.3 Å². The van der Waals surface area contributed by atoms with Crippen molar-refractivity contribution in [2.24, 2.45) is 5.92 Å². The van der Waals surface area contributed by atoms with Crippen LogP contribution < -0.4 is 5.32 Å². The van der Waals surface area contributed by atoms with Crippen molar-refractivity contribution in [2.75, 3.05) is 11.9 Å². The molecule has 0 aromatic heterocycles. The van der Waals surface area contributed by atoms with E-state index in [1.165, 1.54) is 0 Å². The number of ketones is 2. The highest BCUT2D eigenvalue weighted by atomic mass is 19.4. The van der Waals surface area contributed by atoms with Gasteiger partial charge in [-0.3, -0.25) is 14.4 Å². The average Bonchev–Trinajstić information content (AvgIpc) is 2.59. The Hall–Kier alpha value is -2.92. The summed E-state index contributed by atoms with van der Waals surface area (Å²) in [4.78, 5) is 42.5. The smallest absolute Gasteiger partial charge is 0.458 e. The fourth-order valence-corrected chi connectivity index (χ4v) is 1.51. The van der Waals surface area contributed by atoms with E-state index < -0.39 is 29.9 Å². The zero-order chi connectivity index (χ0) is 23.0. The molecular weight excluding hydrogens is 412 g/mol. The van der Waals surface area contributed by atoms with E-state index in [-0.39, 0.29) is 11.8 Å². The first-order chi connectivity index (χ1) is 13.1. The summed E-state index contributed by atoms with van der Waals surface area (Å²) in [5.41, 5.74) is 0.869. The number of hydrogen-bond acceptors (Lipinski definition) is 5. The van der Waals surface area contributed by atoms with E-state index in [0.29, 0.717) is 17.9 Å². The zero-order valence-electron chi connectivity index (χ0n) is 15.4. The van der Waals surface area contributed by atoms with Crippen molar-refractivity contribution in [1.82, 2.24) is 0 Å². The highest BCUT2D eigenvalue weighted by Crippen LogP contribution is 2.24. The second-order valence-electron chi connectivity index (χ2n) is 5.56. The SMILES string of the molecule is CCOC(=O)c1ccccc1NC(=O)C(C)C.O=C(C(=O)C(F)(F)F)C(F)(F)F. The Balaban J connectivity index is 0.000000578. The van der Waals surface area contributed by atoms with Crippen LogP contribution in [0.1, 0.15) is 31.1 Å². The summed E-state index contributed by atoms with van der Waals surface area (Å²) in [6, 6.07) is 6.82. The number of ether oxygens (including phenoxy) is 1. The number of para-hydroxylation sites is 1. The lowest BCUT2D eigenvalue weighted by molar-refractivity contribution is -0.193. The highest BCUT2D eigenvalue weighted by Gasteiger charge is 2.54. The fraction of sp³-hybridized carbons (Fsp3) is 0.412. The summed E-state index contributed by atoms with van der Waals surface area (Å²) in [5, 5.41) is 2.71. The predicted molar refractivity (Wildman–Crippen MR) is 88.0 cm³/mol. The molecular formula is C17H17F6NO5. The molecule has 6 nitrogen and oxygen atoms in total. The molecule has 1 N–H and O–H groups in total. The van der Waals surface area contributed by atoms with Crippen molar-refractivity contribution in [3.8, 4) is 0 Å². The fourth-order valence-electron chi connectivity index (χ4n) is 1.51. The summed E-state index contributed by atoms with van der Waals surface area (Å²) < 4.78 is 71.9. The van der Waals surface area contributed by atoms with Crippen LogP contribution in [-0.4, -0.2) is 42.4 Å². The molecule has 0 heterocycles. The molecule has 1 aromatic rings. The number of carbonyl (C=O) groups is 4. The van der Waals surface area contributed by atoms with Gasteiger partial charge in [-0.15, -0.1) is 0 Å². The molecule has 0 spiro atoms. The number of rotatable bonds is 5. The van der Waals surface area contributed by atoms with Gasteiger partial charge in [0, 0.05) is 5.92 Å². The van der Waals surface area contributed by atoms with Crippen molar-refractivity contribution in [2.45, 2.75) is 33.1 Å². The Bertz CT molecular complexity index is 731. The van der Waals surface area contributed by atoms with Gasteiger partial charge in [-0.05, 0) is 19.1 Å². The first kappa shape index (κ1) is 26.1. The molecule has 162 valence electrons. The van der Waals surface area contributed by atoms with Gasteiger partial charge in [-0.1, -0.05) is 26.0 Å². The molecule has 0 atom stereocenters. The molecule has 1 aromatic carbocycles. The molecule has 1 rings (SSSR count). The lowest BCUT2D eigenvalue weighted by Crippen LogP contribution is -2.39. The van der Waals surface area contributed by atoms with E-state index in [0.717, 1.165) is 0 Å². The highest BCUT2D eigenvalue weighted by molar-refractivity contribution is 6.41. The van der Waals surface area contributed by atoms with Crippen LogP contribution >= 0.6 is 0 Å². The van der Waals surface area contributed by atoms with Crippen molar-refractivity contribution in [3.05, 3.63) is 29.8 Å².